The maximum atomic E-state index is 10.6. The minimum atomic E-state index is -0.336. The topological polar surface area (TPSA) is 43.1 Å². The molecule has 1 aromatic rings. The van der Waals surface area contributed by atoms with E-state index in [1.807, 2.05) is 28.7 Å². The highest BCUT2D eigenvalue weighted by Gasteiger charge is 2.14. The molecule has 0 fully saturated rings. The van der Waals surface area contributed by atoms with Crippen LogP contribution < -0.4 is 0 Å². The summed E-state index contributed by atoms with van der Waals surface area (Å²) in [5.74, 6) is 0.997. The number of halogens is 1. The average Bonchev–Trinajstić information content (AvgIpc) is 2.16. The second kappa shape index (κ2) is 5.55. The molecule has 0 radical (unpaired) electrons. The summed E-state index contributed by atoms with van der Waals surface area (Å²) in [5.41, 5.74) is 0.201. The van der Waals surface area contributed by atoms with Crippen molar-refractivity contribution >= 4 is 40.0 Å². The molecule has 1 aromatic carbocycles. The second-order valence-corrected chi connectivity index (χ2v) is 4.91. The molecular formula is C9H10INO2S. The number of nitro groups is 1. The molecule has 0 N–H and O–H groups in total. The largest absolute Gasteiger partial charge is 0.283 e. The van der Waals surface area contributed by atoms with Crippen molar-refractivity contribution in [1.29, 1.82) is 0 Å². The van der Waals surface area contributed by atoms with Gasteiger partial charge >= 0.3 is 0 Å². The van der Waals surface area contributed by atoms with E-state index >= 15 is 0 Å². The Kier molecular flexibility index (Phi) is 4.67. The van der Waals surface area contributed by atoms with Crippen molar-refractivity contribution in [1.82, 2.24) is 0 Å². The highest BCUT2D eigenvalue weighted by molar-refractivity contribution is 14.1. The third kappa shape index (κ3) is 2.84. The zero-order valence-corrected chi connectivity index (χ0v) is 10.7. The molecule has 0 aliphatic rings. The third-order valence-electron chi connectivity index (χ3n) is 1.60. The Morgan fingerprint density at radius 2 is 2.29 bits per heavy atom. The normalized spacial score (nSPS) is 10.1. The van der Waals surface area contributed by atoms with Gasteiger partial charge in [0.15, 0.2) is 0 Å². The average molecular weight is 323 g/mol. The van der Waals surface area contributed by atoms with E-state index in [9.17, 15) is 10.1 Å². The second-order valence-electron chi connectivity index (χ2n) is 2.69. The zero-order valence-electron chi connectivity index (χ0n) is 7.70. The van der Waals surface area contributed by atoms with E-state index in [1.165, 1.54) is 6.07 Å². The van der Waals surface area contributed by atoms with Gasteiger partial charge in [-0.05, 0) is 40.8 Å². The number of rotatable bonds is 4. The lowest BCUT2D eigenvalue weighted by atomic mass is 10.3. The van der Waals surface area contributed by atoms with Crippen molar-refractivity contribution in [3.8, 4) is 0 Å². The summed E-state index contributed by atoms with van der Waals surface area (Å²) in [5, 5.41) is 10.6. The Balaban J connectivity index is 2.95. The van der Waals surface area contributed by atoms with Crippen LogP contribution in [-0.4, -0.2) is 10.7 Å². The molecule has 0 heterocycles. The molecule has 0 unspecified atom stereocenters. The van der Waals surface area contributed by atoms with Crippen LogP contribution in [0.5, 0.6) is 0 Å². The van der Waals surface area contributed by atoms with E-state index in [2.05, 4.69) is 6.92 Å². The third-order valence-corrected chi connectivity index (χ3v) is 4.36. The van der Waals surface area contributed by atoms with Crippen molar-refractivity contribution in [3.05, 3.63) is 31.9 Å². The summed E-state index contributed by atoms with van der Waals surface area (Å²) in [6.45, 7) is 2.09. The van der Waals surface area contributed by atoms with Crippen LogP contribution >= 0.6 is 34.4 Å². The minimum Gasteiger partial charge on any atom is -0.258 e. The standard InChI is InChI=1S/C9H10INO2S/c1-2-6-14-8-5-3-4-7(9(8)10)11(12)13/h3-5H,2,6H2,1H3. The van der Waals surface area contributed by atoms with Crippen molar-refractivity contribution in [2.45, 2.75) is 18.2 Å². The molecule has 0 saturated heterocycles. The number of nitro benzene ring substituents is 1. The molecule has 14 heavy (non-hydrogen) atoms. The van der Waals surface area contributed by atoms with Gasteiger partial charge in [-0.1, -0.05) is 13.0 Å². The minimum absolute atomic E-state index is 0.201. The van der Waals surface area contributed by atoms with Crippen LogP contribution in [-0.2, 0) is 0 Å². The van der Waals surface area contributed by atoms with Gasteiger partial charge in [-0.25, -0.2) is 0 Å². The van der Waals surface area contributed by atoms with E-state index in [0.717, 1.165) is 20.6 Å². The molecule has 0 amide bonds. The SMILES string of the molecule is CCCSc1cccc([N+](=O)[O-])c1I. The Labute approximate surface area is 101 Å². The first-order valence-electron chi connectivity index (χ1n) is 4.22. The summed E-state index contributed by atoms with van der Waals surface area (Å²) < 4.78 is 0.744. The van der Waals surface area contributed by atoms with E-state index in [1.54, 1.807) is 17.8 Å². The first-order chi connectivity index (χ1) is 6.66. The van der Waals surface area contributed by atoms with Gasteiger partial charge in [0.2, 0.25) is 0 Å². The molecule has 0 spiro atoms. The molecule has 3 nitrogen and oxygen atoms in total. The highest BCUT2D eigenvalue weighted by Crippen LogP contribution is 2.31. The maximum absolute atomic E-state index is 10.6. The zero-order chi connectivity index (χ0) is 10.6. The van der Waals surface area contributed by atoms with Crippen LogP contribution in [0.15, 0.2) is 23.1 Å². The Morgan fingerprint density at radius 1 is 1.57 bits per heavy atom. The molecule has 0 saturated carbocycles. The molecule has 5 heteroatoms. The van der Waals surface area contributed by atoms with Gasteiger partial charge in [0.05, 0.1) is 4.92 Å². The van der Waals surface area contributed by atoms with E-state index in [4.69, 9.17) is 0 Å². The molecule has 0 aromatic heterocycles. The lowest BCUT2D eigenvalue weighted by Gasteiger charge is -2.02. The Morgan fingerprint density at radius 3 is 2.86 bits per heavy atom. The van der Waals surface area contributed by atoms with Gasteiger partial charge in [-0.15, -0.1) is 11.8 Å². The van der Waals surface area contributed by atoms with Crippen molar-refractivity contribution < 1.29 is 4.92 Å². The van der Waals surface area contributed by atoms with Gasteiger partial charge in [0.25, 0.3) is 5.69 Å². The van der Waals surface area contributed by atoms with Crippen LogP contribution in [0.25, 0.3) is 0 Å². The fraction of sp³-hybridized carbons (Fsp3) is 0.333. The number of thioether (sulfide) groups is 1. The lowest BCUT2D eigenvalue weighted by molar-refractivity contribution is -0.386. The Hall–Kier alpha value is -0.300. The monoisotopic (exact) mass is 323 g/mol. The summed E-state index contributed by atoms with van der Waals surface area (Å²) in [7, 11) is 0. The smallest absolute Gasteiger partial charge is 0.258 e. The van der Waals surface area contributed by atoms with Crippen LogP contribution in [0.2, 0.25) is 0 Å². The van der Waals surface area contributed by atoms with Crippen molar-refractivity contribution in [3.63, 3.8) is 0 Å². The quantitative estimate of drug-likeness (QED) is 0.367. The van der Waals surface area contributed by atoms with Gasteiger partial charge in [-0.2, -0.15) is 0 Å². The van der Waals surface area contributed by atoms with E-state index in [-0.39, 0.29) is 10.6 Å². The first kappa shape index (κ1) is 11.8. The summed E-state index contributed by atoms with van der Waals surface area (Å²) in [4.78, 5) is 11.3. The Bertz CT molecular complexity index is 344. The van der Waals surface area contributed by atoms with Crippen LogP contribution in [0.1, 0.15) is 13.3 Å². The first-order valence-corrected chi connectivity index (χ1v) is 6.29. The summed E-state index contributed by atoms with van der Waals surface area (Å²) >= 11 is 3.70. The fourth-order valence-corrected chi connectivity index (χ4v) is 2.82. The number of nitrogens with zero attached hydrogens (tertiary/aromatic N) is 1. The number of benzene rings is 1. The molecule has 1 rings (SSSR count). The van der Waals surface area contributed by atoms with Gasteiger partial charge in [0, 0.05) is 11.0 Å². The van der Waals surface area contributed by atoms with E-state index < -0.39 is 0 Å². The van der Waals surface area contributed by atoms with Crippen molar-refractivity contribution in [2.24, 2.45) is 0 Å². The van der Waals surface area contributed by atoms with Crippen LogP contribution in [0.4, 0.5) is 5.69 Å². The van der Waals surface area contributed by atoms with E-state index in [0.29, 0.717) is 0 Å². The summed E-state index contributed by atoms with van der Waals surface area (Å²) in [6.07, 6.45) is 1.07. The molecule has 76 valence electrons. The number of hydrogen-bond acceptors (Lipinski definition) is 3. The maximum Gasteiger partial charge on any atom is 0.283 e. The summed E-state index contributed by atoms with van der Waals surface area (Å²) in [6, 6.07) is 5.20. The van der Waals surface area contributed by atoms with Crippen molar-refractivity contribution in [2.75, 3.05) is 5.75 Å². The van der Waals surface area contributed by atoms with Gasteiger partial charge < -0.3 is 0 Å². The molecular weight excluding hydrogens is 313 g/mol. The molecule has 0 aliphatic carbocycles. The highest BCUT2D eigenvalue weighted by atomic mass is 127. The molecule has 0 aliphatic heterocycles. The predicted molar refractivity (Wildman–Crippen MR) is 66.8 cm³/mol. The van der Waals surface area contributed by atoms with Gasteiger partial charge in [0.1, 0.15) is 3.57 Å². The van der Waals surface area contributed by atoms with Gasteiger partial charge in [-0.3, -0.25) is 10.1 Å². The lowest BCUT2D eigenvalue weighted by Crippen LogP contribution is -1.92. The molecule has 0 bridgehead atoms. The fourth-order valence-electron chi connectivity index (χ4n) is 0.964. The molecule has 0 atom stereocenters. The van der Waals surface area contributed by atoms with Crippen LogP contribution in [0.3, 0.4) is 0 Å². The van der Waals surface area contributed by atoms with Crippen LogP contribution in [0, 0.1) is 13.7 Å². The number of hydrogen-bond donors (Lipinski definition) is 0. The predicted octanol–water partition coefficient (Wildman–Crippen LogP) is 3.70.